The van der Waals surface area contributed by atoms with E-state index in [0.29, 0.717) is 11.4 Å². The zero-order valence-corrected chi connectivity index (χ0v) is 12.4. The normalized spacial score (nSPS) is 16.9. The summed E-state index contributed by atoms with van der Waals surface area (Å²) < 4.78 is 15.2. The highest BCUT2D eigenvalue weighted by molar-refractivity contribution is 6.15. The van der Waals surface area contributed by atoms with Gasteiger partial charge in [0.05, 0.1) is 7.11 Å². The number of hydrogen-bond acceptors (Lipinski definition) is 6. The van der Waals surface area contributed by atoms with E-state index in [1.54, 1.807) is 13.2 Å². The number of nitrogens with one attached hydrogen (secondary N) is 1. The van der Waals surface area contributed by atoms with Crippen LogP contribution in [0.2, 0.25) is 0 Å². The van der Waals surface area contributed by atoms with Gasteiger partial charge in [-0.05, 0) is 24.6 Å². The van der Waals surface area contributed by atoms with Gasteiger partial charge in [0.15, 0.2) is 5.57 Å². The Labute approximate surface area is 122 Å². The molecule has 0 radical (unpaired) electrons. The third-order valence-electron chi connectivity index (χ3n) is 2.79. The van der Waals surface area contributed by atoms with Gasteiger partial charge in [-0.2, -0.15) is 0 Å². The topological polar surface area (TPSA) is 73.9 Å². The van der Waals surface area contributed by atoms with E-state index in [0.717, 1.165) is 5.56 Å². The Balaban J connectivity index is 2.19. The average molecular weight is 291 g/mol. The van der Waals surface area contributed by atoms with Crippen molar-refractivity contribution < 1.29 is 23.8 Å². The maximum Gasteiger partial charge on any atom is 0.350 e. The lowest BCUT2D eigenvalue weighted by Gasteiger charge is -2.29. The van der Waals surface area contributed by atoms with E-state index in [1.807, 2.05) is 19.1 Å². The van der Waals surface area contributed by atoms with Crippen LogP contribution in [0.25, 0.3) is 0 Å². The first-order valence-corrected chi connectivity index (χ1v) is 6.40. The monoisotopic (exact) mass is 291 g/mol. The molecule has 21 heavy (non-hydrogen) atoms. The molecule has 1 aliphatic rings. The summed E-state index contributed by atoms with van der Waals surface area (Å²) in [5.41, 5.74) is 1.48. The second kappa shape index (κ2) is 5.47. The number of aryl methyl sites for hydroxylation is 1. The molecule has 2 rings (SSSR count). The number of esters is 2. The molecule has 0 saturated carbocycles. The van der Waals surface area contributed by atoms with Crippen LogP contribution in [0, 0.1) is 6.92 Å². The molecule has 1 aromatic rings. The van der Waals surface area contributed by atoms with Crippen molar-refractivity contribution in [3.05, 3.63) is 35.5 Å². The van der Waals surface area contributed by atoms with E-state index in [4.69, 9.17) is 14.2 Å². The van der Waals surface area contributed by atoms with Gasteiger partial charge in [-0.1, -0.05) is 0 Å². The highest BCUT2D eigenvalue weighted by Crippen LogP contribution is 2.24. The predicted molar refractivity (Wildman–Crippen MR) is 75.7 cm³/mol. The number of benzene rings is 1. The fourth-order valence-corrected chi connectivity index (χ4v) is 1.88. The predicted octanol–water partition coefficient (Wildman–Crippen LogP) is 2.14. The molecule has 112 valence electrons. The molecule has 1 saturated heterocycles. The van der Waals surface area contributed by atoms with Crippen molar-refractivity contribution in [2.45, 2.75) is 26.6 Å². The molecular formula is C15H17NO5. The van der Waals surface area contributed by atoms with Crippen molar-refractivity contribution in [1.82, 2.24) is 0 Å². The minimum atomic E-state index is -1.24. The van der Waals surface area contributed by atoms with Gasteiger partial charge < -0.3 is 19.5 Å². The first kappa shape index (κ1) is 14.9. The van der Waals surface area contributed by atoms with Crippen molar-refractivity contribution in [3.63, 3.8) is 0 Å². The van der Waals surface area contributed by atoms with Gasteiger partial charge in [0, 0.05) is 31.8 Å². The Kier molecular flexibility index (Phi) is 3.88. The second-order valence-corrected chi connectivity index (χ2v) is 5.12. The van der Waals surface area contributed by atoms with Gasteiger partial charge in [-0.15, -0.1) is 0 Å². The number of carbonyl (C=O) groups excluding carboxylic acids is 2. The van der Waals surface area contributed by atoms with Gasteiger partial charge in [0.1, 0.15) is 5.75 Å². The Hall–Kier alpha value is -2.50. The third kappa shape index (κ3) is 3.53. The summed E-state index contributed by atoms with van der Waals surface area (Å²) in [6, 6.07) is 5.46. The van der Waals surface area contributed by atoms with E-state index < -0.39 is 17.7 Å². The van der Waals surface area contributed by atoms with Gasteiger partial charge in [-0.3, -0.25) is 0 Å². The Morgan fingerprint density at radius 1 is 1.14 bits per heavy atom. The third-order valence-corrected chi connectivity index (χ3v) is 2.79. The number of carbonyl (C=O) groups is 2. The zero-order valence-electron chi connectivity index (χ0n) is 12.4. The lowest BCUT2D eigenvalue weighted by atomic mass is 10.2. The SMILES string of the molecule is COc1cc(C)cc(NC=C2C(=O)OC(C)(C)OC2=O)c1. The van der Waals surface area contributed by atoms with Gasteiger partial charge in [0.25, 0.3) is 5.79 Å². The van der Waals surface area contributed by atoms with Crippen LogP contribution < -0.4 is 10.1 Å². The Morgan fingerprint density at radius 2 is 1.76 bits per heavy atom. The molecule has 1 N–H and O–H groups in total. The molecule has 0 unspecified atom stereocenters. The Bertz CT molecular complexity index is 596. The molecule has 1 aliphatic heterocycles. The van der Waals surface area contributed by atoms with Crippen molar-refractivity contribution >= 4 is 17.6 Å². The molecule has 0 aromatic heterocycles. The molecule has 1 aromatic carbocycles. The summed E-state index contributed by atoms with van der Waals surface area (Å²) in [4.78, 5) is 23.6. The summed E-state index contributed by atoms with van der Waals surface area (Å²) in [6.07, 6.45) is 1.27. The number of ether oxygens (including phenoxy) is 3. The molecule has 0 aliphatic carbocycles. The van der Waals surface area contributed by atoms with E-state index in [2.05, 4.69) is 5.32 Å². The number of anilines is 1. The van der Waals surface area contributed by atoms with Crippen molar-refractivity contribution in [1.29, 1.82) is 0 Å². The molecule has 0 bridgehead atoms. The van der Waals surface area contributed by atoms with Crippen LogP contribution in [-0.4, -0.2) is 24.8 Å². The lowest BCUT2D eigenvalue weighted by Crippen LogP contribution is -2.42. The number of cyclic esters (lactones) is 2. The number of hydrogen-bond donors (Lipinski definition) is 1. The summed E-state index contributed by atoms with van der Waals surface area (Å²) >= 11 is 0. The zero-order chi connectivity index (χ0) is 15.6. The maximum atomic E-state index is 11.8. The molecule has 0 amide bonds. The highest BCUT2D eigenvalue weighted by Gasteiger charge is 2.38. The molecule has 6 nitrogen and oxygen atoms in total. The number of methoxy groups -OCH3 is 1. The second-order valence-electron chi connectivity index (χ2n) is 5.12. The fourth-order valence-electron chi connectivity index (χ4n) is 1.88. The first-order valence-electron chi connectivity index (χ1n) is 6.40. The van der Waals surface area contributed by atoms with Crippen LogP contribution in [0.15, 0.2) is 30.0 Å². The molecule has 0 atom stereocenters. The molecule has 6 heteroatoms. The summed E-state index contributed by atoms with van der Waals surface area (Å²) in [6.45, 7) is 4.91. The fraction of sp³-hybridized carbons (Fsp3) is 0.333. The Morgan fingerprint density at radius 3 is 2.33 bits per heavy atom. The van der Waals surface area contributed by atoms with E-state index in [1.165, 1.54) is 20.0 Å². The van der Waals surface area contributed by atoms with Crippen LogP contribution in [0.1, 0.15) is 19.4 Å². The van der Waals surface area contributed by atoms with Gasteiger partial charge in [0.2, 0.25) is 0 Å². The quantitative estimate of drug-likeness (QED) is 0.522. The summed E-state index contributed by atoms with van der Waals surface area (Å²) in [7, 11) is 1.56. The van der Waals surface area contributed by atoms with E-state index in [9.17, 15) is 9.59 Å². The smallest absolute Gasteiger partial charge is 0.350 e. The van der Waals surface area contributed by atoms with Crippen LogP contribution in [-0.2, 0) is 19.1 Å². The van der Waals surface area contributed by atoms with Crippen LogP contribution in [0.3, 0.4) is 0 Å². The van der Waals surface area contributed by atoms with E-state index >= 15 is 0 Å². The maximum absolute atomic E-state index is 11.8. The average Bonchev–Trinajstić information content (AvgIpc) is 2.35. The highest BCUT2D eigenvalue weighted by atomic mass is 16.7. The first-order chi connectivity index (χ1) is 9.80. The summed E-state index contributed by atoms with van der Waals surface area (Å²) in [5, 5.41) is 2.87. The lowest BCUT2D eigenvalue weighted by molar-refractivity contribution is -0.222. The molecule has 0 spiro atoms. The van der Waals surface area contributed by atoms with E-state index in [-0.39, 0.29) is 5.57 Å². The molecule has 1 fully saturated rings. The standard InChI is InChI=1S/C15H17NO5/c1-9-5-10(7-11(6-9)19-4)16-8-12-13(17)20-15(2,3)21-14(12)18/h5-8,16H,1-4H3. The van der Waals surface area contributed by atoms with Crippen molar-refractivity contribution in [2.75, 3.05) is 12.4 Å². The molecule has 1 heterocycles. The number of rotatable bonds is 3. The largest absolute Gasteiger partial charge is 0.497 e. The van der Waals surface area contributed by atoms with Crippen LogP contribution in [0.4, 0.5) is 5.69 Å². The van der Waals surface area contributed by atoms with Gasteiger partial charge in [-0.25, -0.2) is 9.59 Å². The van der Waals surface area contributed by atoms with Crippen LogP contribution >= 0.6 is 0 Å². The minimum Gasteiger partial charge on any atom is -0.497 e. The minimum absolute atomic E-state index is 0.185. The summed E-state index contributed by atoms with van der Waals surface area (Å²) in [5.74, 6) is -2.00. The van der Waals surface area contributed by atoms with Crippen LogP contribution in [0.5, 0.6) is 5.75 Å². The van der Waals surface area contributed by atoms with Crippen molar-refractivity contribution in [2.24, 2.45) is 0 Å². The van der Waals surface area contributed by atoms with Gasteiger partial charge >= 0.3 is 11.9 Å². The van der Waals surface area contributed by atoms with Crippen molar-refractivity contribution in [3.8, 4) is 5.75 Å². The molecular weight excluding hydrogens is 274 g/mol.